The van der Waals surface area contributed by atoms with Gasteiger partial charge in [0, 0.05) is 11.2 Å². The second-order valence-electron chi connectivity index (χ2n) is 8.25. The molecule has 1 aromatic rings. The minimum absolute atomic E-state index is 0.0619. The summed E-state index contributed by atoms with van der Waals surface area (Å²) in [7, 11) is -1.60. The number of rotatable bonds is 8. The Kier molecular flexibility index (Phi) is 7.32. The van der Waals surface area contributed by atoms with E-state index in [0.717, 1.165) is 5.56 Å². The van der Waals surface area contributed by atoms with Crippen molar-refractivity contribution in [1.82, 2.24) is 0 Å². The summed E-state index contributed by atoms with van der Waals surface area (Å²) in [6, 6.07) is 12.6. The standard InChI is InChI=1S/C20H32O3SSi/c1-16(22-15-17-10-7-6-8-11-17)18(23-25(5)12-9-13-25)14-19(21)24-20(2,3)4/h6-8,10-11,16,18H,9,12-15H2,1-5H3/t16-,18+/m0/s1. The van der Waals surface area contributed by atoms with Crippen LogP contribution in [-0.2, 0) is 20.6 Å². The lowest BCUT2D eigenvalue weighted by molar-refractivity contribution is -0.115. The highest BCUT2D eigenvalue weighted by molar-refractivity contribution is 8.14. The highest BCUT2D eigenvalue weighted by atomic mass is 32.2. The van der Waals surface area contributed by atoms with Gasteiger partial charge in [-0.3, -0.25) is 4.79 Å². The number of benzene rings is 1. The Morgan fingerprint density at radius 1 is 1.24 bits per heavy atom. The Balaban J connectivity index is 1.95. The van der Waals surface area contributed by atoms with Crippen molar-refractivity contribution in [2.75, 3.05) is 0 Å². The Morgan fingerprint density at radius 3 is 2.40 bits per heavy atom. The monoisotopic (exact) mass is 380 g/mol. The topological polar surface area (TPSA) is 35.5 Å². The van der Waals surface area contributed by atoms with Gasteiger partial charge in [0.15, 0.2) is 13.4 Å². The third-order valence-electron chi connectivity index (χ3n) is 4.51. The normalized spacial score (nSPS) is 19.1. The van der Waals surface area contributed by atoms with E-state index in [9.17, 15) is 4.79 Å². The van der Waals surface area contributed by atoms with Gasteiger partial charge in [-0.2, -0.15) is 0 Å². The molecule has 5 heteroatoms. The zero-order valence-corrected chi connectivity index (χ0v) is 18.0. The molecule has 1 aliphatic heterocycles. The number of carbonyl (C=O) groups is 1. The minimum atomic E-state index is -1.60. The first-order valence-electron chi connectivity index (χ1n) is 9.22. The fourth-order valence-corrected chi connectivity index (χ4v) is 6.44. The van der Waals surface area contributed by atoms with Crippen LogP contribution in [0.4, 0.5) is 0 Å². The van der Waals surface area contributed by atoms with Crippen LogP contribution in [0.5, 0.6) is 0 Å². The summed E-state index contributed by atoms with van der Waals surface area (Å²) in [4.78, 5) is 12.5. The van der Waals surface area contributed by atoms with Crippen LogP contribution in [0.2, 0.25) is 18.6 Å². The summed E-state index contributed by atoms with van der Waals surface area (Å²) in [6.45, 7) is 11.1. The van der Waals surface area contributed by atoms with Gasteiger partial charge in [0.25, 0.3) is 0 Å². The van der Waals surface area contributed by atoms with E-state index >= 15 is 0 Å². The summed E-state index contributed by atoms with van der Waals surface area (Å²) >= 11 is 1.41. The molecule has 2 rings (SSSR count). The van der Waals surface area contributed by atoms with Gasteiger partial charge in [-0.05, 0) is 31.1 Å². The van der Waals surface area contributed by atoms with Crippen molar-refractivity contribution < 1.29 is 14.0 Å². The number of hydrogen-bond donors (Lipinski definition) is 0. The molecule has 1 heterocycles. The highest BCUT2D eigenvalue weighted by Gasteiger charge is 2.40. The van der Waals surface area contributed by atoms with Gasteiger partial charge in [0.05, 0.1) is 18.8 Å². The van der Waals surface area contributed by atoms with E-state index in [0.29, 0.717) is 13.0 Å². The van der Waals surface area contributed by atoms with Crippen LogP contribution >= 0.6 is 11.8 Å². The van der Waals surface area contributed by atoms with Crippen LogP contribution in [0.25, 0.3) is 0 Å². The first kappa shape index (κ1) is 20.7. The molecule has 0 spiro atoms. The molecule has 0 N–H and O–H groups in total. The van der Waals surface area contributed by atoms with Crippen LogP contribution in [0, 0.1) is 0 Å². The SMILES string of the molecule is C[C@H](OCc1ccccc1)[C@@H](CC(=O)SC(C)(C)C)O[Si]1(C)CCC1. The van der Waals surface area contributed by atoms with Crippen molar-refractivity contribution in [2.45, 2.75) is 82.7 Å². The van der Waals surface area contributed by atoms with Crippen molar-refractivity contribution in [2.24, 2.45) is 0 Å². The average molecular weight is 381 g/mol. The van der Waals surface area contributed by atoms with Gasteiger partial charge in [-0.1, -0.05) is 69.3 Å². The molecule has 25 heavy (non-hydrogen) atoms. The summed E-state index contributed by atoms with van der Waals surface area (Å²) in [5.41, 5.74) is 1.15. The third-order valence-corrected chi connectivity index (χ3v) is 9.22. The largest absolute Gasteiger partial charge is 0.411 e. The Bertz CT molecular complexity index is 552. The van der Waals surface area contributed by atoms with Crippen LogP contribution in [0.15, 0.2) is 30.3 Å². The van der Waals surface area contributed by atoms with Gasteiger partial charge >= 0.3 is 0 Å². The molecule has 0 aromatic heterocycles. The molecular formula is C20H32O3SSi. The molecule has 1 saturated heterocycles. The predicted molar refractivity (Wildman–Crippen MR) is 108 cm³/mol. The molecule has 2 atom stereocenters. The minimum Gasteiger partial charge on any atom is -0.411 e. The zero-order valence-electron chi connectivity index (χ0n) is 16.2. The fraction of sp³-hybridized carbons (Fsp3) is 0.650. The van der Waals surface area contributed by atoms with E-state index in [1.807, 2.05) is 25.1 Å². The maximum Gasteiger partial charge on any atom is 0.192 e. The van der Waals surface area contributed by atoms with Gasteiger partial charge in [-0.15, -0.1) is 0 Å². The Morgan fingerprint density at radius 2 is 1.88 bits per heavy atom. The quantitative estimate of drug-likeness (QED) is 0.565. The van der Waals surface area contributed by atoms with Gasteiger partial charge < -0.3 is 9.16 Å². The molecule has 0 saturated carbocycles. The lowest BCUT2D eigenvalue weighted by Crippen LogP contribution is -2.48. The zero-order chi connectivity index (χ0) is 18.5. The van der Waals surface area contributed by atoms with Crippen LogP contribution < -0.4 is 0 Å². The molecule has 0 unspecified atom stereocenters. The summed E-state index contributed by atoms with van der Waals surface area (Å²) in [5, 5.41) is 0.199. The molecule has 0 amide bonds. The number of carbonyl (C=O) groups excluding carboxylic acids is 1. The smallest absolute Gasteiger partial charge is 0.192 e. The second kappa shape index (κ2) is 8.85. The van der Waals surface area contributed by atoms with Crippen molar-refractivity contribution in [3.63, 3.8) is 0 Å². The first-order chi connectivity index (χ1) is 11.7. The Hall–Kier alpha value is -0.623. The molecule has 1 aromatic carbocycles. The molecule has 1 aliphatic rings. The van der Waals surface area contributed by atoms with Crippen molar-refractivity contribution in [1.29, 1.82) is 0 Å². The van der Waals surface area contributed by atoms with E-state index in [-0.39, 0.29) is 22.1 Å². The van der Waals surface area contributed by atoms with Gasteiger partial charge in [0.1, 0.15) is 0 Å². The summed E-state index contributed by atoms with van der Waals surface area (Å²) in [6.07, 6.45) is 1.47. The maximum absolute atomic E-state index is 12.5. The molecule has 1 fully saturated rings. The third kappa shape index (κ3) is 7.25. The first-order valence-corrected chi connectivity index (χ1v) is 12.9. The number of thioether (sulfide) groups is 1. The molecule has 0 aliphatic carbocycles. The van der Waals surface area contributed by atoms with E-state index < -0.39 is 8.32 Å². The van der Waals surface area contributed by atoms with E-state index in [4.69, 9.17) is 9.16 Å². The van der Waals surface area contributed by atoms with Gasteiger partial charge in [0.2, 0.25) is 0 Å². The van der Waals surface area contributed by atoms with Crippen LogP contribution in [-0.4, -0.2) is 30.4 Å². The molecule has 0 bridgehead atoms. The summed E-state index contributed by atoms with van der Waals surface area (Å²) < 4.78 is 12.5. The van der Waals surface area contributed by atoms with Crippen molar-refractivity contribution in [3.05, 3.63) is 35.9 Å². The lowest BCUT2D eigenvalue weighted by atomic mass is 10.1. The molecule has 0 radical (unpaired) electrons. The average Bonchev–Trinajstić information content (AvgIpc) is 2.49. The molecular weight excluding hydrogens is 348 g/mol. The van der Waals surface area contributed by atoms with E-state index in [1.165, 1.54) is 30.3 Å². The lowest BCUT2D eigenvalue weighted by Gasteiger charge is -2.40. The van der Waals surface area contributed by atoms with Crippen LogP contribution in [0.3, 0.4) is 0 Å². The Labute approximate surface area is 158 Å². The van der Waals surface area contributed by atoms with E-state index in [1.54, 1.807) is 0 Å². The van der Waals surface area contributed by atoms with Crippen molar-refractivity contribution in [3.8, 4) is 0 Å². The van der Waals surface area contributed by atoms with E-state index in [2.05, 4.69) is 39.5 Å². The highest BCUT2D eigenvalue weighted by Crippen LogP contribution is 2.36. The van der Waals surface area contributed by atoms with Crippen LogP contribution in [0.1, 0.15) is 46.1 Å². The predicted octanol–water partition coefficient (Wildman–Crippen LogP) is 5.40. The number of ether oxygens (including phenoxy) is 1. The van der Waals surface area contributed by atoms with Gasteiger partial charge in [-0.25, -0.2) is 0 Å². The second-order valence-corrected chi connectivity index (χ2v) is 14.3. The fourth-order valence-electron chi connectivity index (χ4n) is 2.92. The molecule has 140 valence electrons. The maximum atomic E-state index is 12.5. The number of hydrogen-bond acceptors (Lipinski definition) is 4. The van der Waals surface area contributed by atoms with Crippen molar-refractivity contribution >= 4 is 25.2 Å². The summed E-state index contributed by atoms with van der Waals surface area (Å²) in [5.74, 6) is 0. The molecule has 3 nitrogen and oxygen atoms in total.